The van der Waals surface area contributed by atoms with E-state index in [1.54, 1.807) is 18.2 Å². The summed E-state index contributed by atoms with van der Waals surface area (Å²) >= 11 is 8.68. The maximum Gasteiger partial charge on any atom is 0.307 e. The first kappa shape index (κ1) is 28.1. The fraction of sp³-hybridized carbons (Fsp3) is 0.471. The molecule has 0 aliphatic rings. The highest BCUT2D eigenvalue weighted by Crippen LogP contribution is 2.31. The first-order chi connectivity index (χ1) is 12.3. The number of carbonyl (C=O) groups excluding carboxylic acids is 3. The predicted molar refractivity (Wildman–Crippen MR) is 117 cm³/mol. The summed E-state index contributed by atoms with van der Waals surface area (Å²) in [6.45, 7) is 0. The van der Waals surface area contributed by atoms with Crippen molar-refractivity contribution < 1.29 is 30.0 Å². The van der Waals surface area contributed by atoms with Crippen LogP contribution in [0.1, 0.15) is 26.9 Å². The highest BCUT2D eigenvalue weighted by Gasteiger charge is 2.20. The van der Waals surface area contributed by atoms with Gasteiger partial charge in [0.1, 0.15) is 0 Å². The van der Waals surface area contributed by atoms with E-state index >= 15 is 0 Å². The molecule has 156 valence electrons. The van der Waals surface area contributed by atoms with Gasteiger partial charge in [0.05, 0.1) is 44.5 Å². The molecule has 0 spiro atoms. The second-order valence-corrected chi connectivity index (χ2v) is 6.64. The molecule has 1 N–H and O–H groups in total. The average Bonchev–Trinajstić information content (AvgIpc) is 2.66. The van der Waals surface area contributed by atoms with Crippen molar-refractivity contribution in [1.82, 2.24) is 5.32 Å². The Balaban J connectivity index is -0.000000793. The van der Waals surface area contributed by atoms with Crippen LogP contribution in [0.5, 0.6) is 11.5 Å². The highest BCUT2D eigenvalue weighted by atomic mass is 79.9. The maximum atomic E-state index is 11.6. The number of esters is 1. The van der Waals surface area contributed by atoms with Gasteiger partial charge in [0.15, 0.2) is 11.5 Å². The van der Waals surface area contributed by atoms with Crippen LogP contribution in [0.3, 0.4) is 0 Å². The minimum atomic E-state index is -0.498. The van der Waals surface area contributed by atoms with Gasteiger partial charge < -0.3 is 19.5 Å². The molecule has 0 heterocycles. The Kier molecular flexibility index (Phi) is 16.5. The third-order valence-corrected chi connectivity index (χ3v) is 5.02. The molecule has 0 radical (unpaired) electrons. The smallest absolute Gasteiger partial charge is 0.307 e. The second-order valence-electron chi connectivity index (χ2n) is 4.64. The minimum absolute atomic E-state index is 0. The Morgan fingerprint density at radius 1 is 1.07 bits per heavy atom. The van der Waals surface area contributed by atoms with E-state index in [0.717, 1.165) is 5.56 Å². The lowest BCUT2D eigenvalue weighted by Crippen LogP contribution is -2.31. The summed E-state index contributed by atoms with van der Waals surface area (Å²) in [5.41, 5.74) is 0.729. The molecule has 1 atom stereocenters. The van der Waals surface area contributed by atoms with Gasteiger partial charge in [0.25, 0.3) is 0 Å². The van der Waals surface area contributed by atoms with Gasteiger partial charge in [-0.15, -0.1) is 0 Å². The fourth-order valence-electron chi connectivity index (χ4n) is 1.80. The van der Waals surface area contributed by atoms with Gasteiger partial charge in [-0.2, -0.15) is 0 Å². The van der Waals surface area contributed by atoms with E-state index in [-0.39, 0.29) is 31.2 Å². The average molecular weight is 581 g/mol. The molecule has 0 aromatic heterocycles. The summed E-state index contributed by atoms with van der Waals surface area (Å²) in [5.74, 6) is 0.464. The molecular formula is C17H26Br3NO6. The number of ether oxygens (including phenoxy) is 3. The van der Waals surface area contributed by atoms with Crippen LogP contribution in [0.2, 0.25) is 0 Å². The molecule has 0 bridgehead atoms. The van der Waals surface area contributed by atoms with Crippen molar-refractivity contribution in [2.45, 2.75) is 19.9 Å². The number of hydrogen-bond donors (Lipinski definition) is 1. The number of alkyl halides is 2. The van der Waals surface area contributed by atoms with Crippen LogP contribution < -0.4 is 14.8 Å². The Morgan fingerprint density at radius 3 is 2.04 bits per heavy atom. The van der Waals surface area contributed by atoms with Crippen LogP contribution in [0.25, 0.3) is 0 Å². The SMILES string of the molecule is C.COC(=O)C[C@H](NC(=O)CBr)c1ccc(OC)c(OC)c1.O=C(Br)CBr.[2HH]. The van der Waals surface area contributed by atoms with E-state index < -0.39 is 12.0 Å². The van der Waals surface area contributed by atoms with Crippen molar-refractivity contribution in [2.24, 2.45) is 0 Å². The number of halogens is 3. The summed E-state index contributed by atoms with van der Waals surface area (Å²) in [7, 11) is 4.37. The molecule has 1 aromatic carbocycles. The zero-order valence-corrected chi connectivity index (χ0v) is 19.3. The number of nitrogens with one attached hydrogen (secondary N) is 1. The zero-order chi connectivity index (χ0) is 20.1. The van der Waals surface area contributed by atoms with Gasteiger partial charge in [-0.3, -0.25) is 14.4 Å². The summed E-state index contributed by atoms with van der Waals surface area (Å²) in [6, 6.07) is 4.71. The normalized spacial score (nSPS) is 10.3. The summed E-state index contributed by atoms with van der Waals surface area (Å²) in [6.07, 6.45) is 0.0325. The number of amides is 1. The molecular weight excluding hydrogens is 554 g/mol. The van der Waals surface area contributed by atoms with Crippen LogP contribution in [0.4, 0.5) is 0 Å². The van der Waals surface area contributed by atoms with Crippen molar-refractivity contribution in [2.75, 3.05) is 32.0 Å². The van der Waals surface area contributed by atoms with E-state index in [0.29, 0.717) is 16.8 Å². The predicted octanol–water partition coefficient (Wildman–Crippen LogP) is 4.00. The van der Waals surface area contributed by atoms with E-state index in [4.69, 9.17) is 9.47 Å². The minimum Gasteiger partial charge on any atom is -0.493 e. The number of benzene rings is 1. The Labute approximate surface area is 186 Å². The van der Waals surface area contributed by atoms with Crippen molar-refractivity contribution in [3.63, 3.8) is 0 Å². The number of rotatable bonds is 8. The topological polar surface area (TPSA) is 90.9 Å². The molecule has 0 saturated heterocycles. The van der Waals surface area contributed by atoms with Gasteiger partial charge >= 0.3 is 5.97 Å². The Morgan fingerprint density at radius 2 is 1.63 bits per heavy atom. The van der Waals surface area contributed by atoms with Gasteiger partial charge in [-0.1, -0.05) is 45.4 Å². The largest absolute Gasteiger partial charge is 0.493 e. The van der Waals surface area contributed by atoms with Crippen LogP contribution in [0.15, 0.2) is 18.2 Å². The third kappa shape index (κ3) is 11.3. The monoisotopic (exact) mass is 578 g/mol. The van der Waals surface area contributed by atoms with Crippen molar-refractivity contribution in [1.29, 1.82) is 0 Å². The molecule has 0 fully saturated rings. The van der Waals surface area contributed by atoms with E-state index in [2.05, 4.69) is 57.8 Å². The quantitative estimate of drug-likeness (QED) is 0.284. The molecule has 0 unspecified atom stereocenters. The maximum absolute atomic E-state index is 11.6. The molecule has 1 aromatic rings. The Hall–Kier alpha value is -1.13. The van der Waals surface area contributed by atoms with Crippen LogP contribution >= 0.6 is 47.8 Å². The molecule has 1 amide bonds. The Bertz CT molecular complexity index is 601. The zero-order valence-electron chi connectivity index (χ0n) is 14.5. The van der Waals surface area contributed by atoms with E-state index in [1.807, 2.05) is 0 Å². The van der Waals surface area contributed by atoms with Crippen molar-refractivity contribution >= 4 is 64.4 Å². The van der Waals surface area contributed by atoms with Crippen LogP contribution in [0, 0.1) is 0 Å². The number of carbonyl (C=O) groups is 3. The molecule has 10 heteroatoms. The van der Waals surface area contributed by atoms with Gasteiger partial charge in [-0.25, -0.2) is 0 Å². The molecule has 0 aliphatic carbocycles. The third-order valence-electron chi connectivity index (χ3n) is 2.97. The first-order valence-corrected chi connectivity index (χ1v) is 10.2. The lowest BCUT2D eigenvalue weighted by Gasteiger charge is -2.19. The molecule has 0 aliphatic heterocycles. The van der Waals surface area contributed by atoms with Gasteiger partial charge in [-0.05, 0) is 33.6 Å². The fourth-order valence-corrected chi connectivity index (χ4v) is 1.97. The van der Waals surface area contributed by atoms with Gasteiger partial charge in [0.2, 0.25) is 10.6 Å². The number of hydrogen-bond acceptors (Lipinski definition) is 6. The lowest BCUT2D eigenvalue weighted by molar-refractivity contribution is -0.141. The summed E-state index contributed by atoms with van der Waals surface area (Å²) in [5, 5.41) is 3.30. The molecule has 1 rings (SSSR count). The van der Waals surface area contributed by atoms with Crippen LogP contribution in [-0.2, 0) is 19.1 Å². The standard InChI is InChI=1S/C14H18BrNO5.C2H2Br2O.CH4.H2/c1-19-11-5-4-9(6-12(11)20-2)10(7-14(18)21-3)16-13(17)8-15;3-1-2(4)5;;/h4-6,10H,7-8H2,1-3H3,(H,16,17);1H2;1H4;1H/t10-;;;/m0.../s1/i;;;1+1. The molecule has 0 saturated carbocycles. The molecule has 27 heavy (non-hydrogen) atoms. The first-order valence-electron chi connectivity index (χ1n) is 7.21. The lowest BCUT2D eigenvalue weighted by atomic mass is 10.0. The number of methoxy groups -OCH3 is 3. The summed E-state index contributed by atoms with van der Waals surface area (Å²) in [4.78, 5) is 32.8. The molecule has 7 nitrogen and oxygen atoms in total. The highest BCUT2D eigenvalue weighted by molar-refractivity contribution is 9.19. The van der Waals surface area contributed by atoms with E-state index in [1.165, 1.54) is 21.3 Å². The summed E-state index contributed by atoms with van der Waals surface area (Å²) < 4.78 is 15.0. The van der Waals surface area contributed by atoms with Crippen molar-refractivity contribution in [3.05, 3.63) is 23.8 Å². The van der Waals surface area contributed by atoms with Crippen LogP contribution in [-0.4, -0.2) is 48.6 Å². The van der Waals surface area contributed by atoms with E-state index in [9.17, 15) is 14.4 Å². The van der Waals surface area contributed by atoms with Gasteiger partial charge in [0, 0.05) is 1.43 Å². The second kappa shape index (κ2) is 15.9. The van der Waals surface area contributed by atoms with Crippen molar-refractivity contribution in [3.8, 4) is 11.5 Å².